The average molecular weight is 266 g/mol. The van der Waals surface area contributed by atoms with Crippen molar-refractivity contribution < 1.29 is 19.3 Å². The van der Waals surface area contributed by atoms with Crippen LogP contribution in [0.4, 0.5) is 0 Å². The van der Waals surface area contributed by atoms with E-state index in [1.165, 1.54) is 5.56 Å². The van der Waals surface area contributed by atoms with Gasteiger partial charge >= 0.3 is 5.97 Å². The van der Waals surface area contributed by atoms with E-state index in [1.54, 1.807) is 12.1 Å². The van der Waals surface area contributed by atoms with Gasteiger partial charge in [0.25, 0.3) is 0 Å². The summed E-state index contributed by atoms with van der Waals surface area (Å²) in [5, 5.41) is 0. The van der Waals surface area contributed by atoms with Crippen LogP contribution in [-0.2, 0) is 14.5 Å². The van der Waals surface area contributed by atoms with Crippen molar-refractivity contribution in [3.63, 3.8) is 0 Å². The van der Waals surface area contributed by atoms with E-state index in [0.717, 1.165) is 6.42 Å². The molecule has 0 aliphatic carbocycles. The standard InChI is InChI=1S/C15H22O4/c1-4-9-17-10-11-18-19-15(16)14-7-5-13(6-8-14)12(2)3/h5-8,12H,4,9-11H2,1-3H3. The van der Waals surface area contributed by atoms with Crippen LogP contribution in [0, 0.1) is 0 Å². The molecule has 0 radical (unpaired) electrons. The van der Waals surface area contributed by atoms with E-state index in [1.807, 2.05) is 19.1 Å². The third kappa shape index (κ3) is 5.85. The number of carbonyl (C=O) groups excluding carboxylic acids is 1. The SMILES string of the molecule is CCCOCCOOC(=O)c1ccc(C(C)C)cc1. The molecule has 0 atom stereocenters. The summed E-state index contributed by atoms with van der Waals surface area (Å²) in [5.74, 6) is -0.0390. The van der Waals surface area contributed by atoms with E-state index in [9.17, 15) is 4.79 Å². The quantitative estimate of drug-likeness (QED) is 0.411. The van der Waals surface area contributed by atoms with Gasteiger partial charge in [-0.3, -0.25) is 4.89 Å². The largest absolute Gasteiger partial charge is 0.379 e. The second-order valence-corrected chi connectivity index (χ2v) is 4.58. The highest BCUT2D eigenvalue weighted by molar-refractivity contribution is 5.88. The Morgan fingerprint density at radius 2 is 1.79 bits per heavy atom. The van der Waals surface area contributed by atoms with Crippen molar-refractivity contribution in [2.24, 2.45) is 0 Å². The maximum absolute atomic E-state index is 11.6. The monoisotopic (exact) mass is 266 g/mol. The first-order valence-corrected chi connectivity index (χ1v) is 6.66. The second-order valence-electron chi connectivity index (χ2n) is 4.58. The molecule has 0 heterocycles. The first-order valence-electron chi connectivity index (χ1n) is 6.66. The molecule has 0 unspecified atom stereocenters. The number of rotatable bonds is 8. The van der Waals surface area contributed by atoms with E-state index in [0.29, 0.717) is 24.7 Å². The number of hydrogen-bond acceptors (Lipinski definition) is 4. The van der Waals surface area contributed by atoms with Crippen LogP contribution in [0.25, 0.3) is 0 Å². The van der Waals surface area contributed by atoms with Crippen molar-refractivity contribution in [2.45, 2.75) is 33.1 Å². The normalized spacial score (nSPS) is 10.7. The molecule has 1 aromatic carbocycles. The van der Waals surface area contributed by atoms with Gasteiger partial charge in [-0.1, -0.05) is 32.9 Å². The fourth-order valence-corrected chi connectivity index (χ4v) is 1.49. The van der Waals surface area contributed by atoms with E-state index in [2.05, 4.69) is 18.7 Å². The van der Waals surface area contributed by atoms with Gasteiger partial charge in [0.15, 0.2) is 0 Å². The summed E-state index contributed by atoms with van der Waals surface area (Å²) in [5.41, 5.74) is 1.67. The Kier molecular flexibility index (Phi) is 7.15. The molecule has 0 aliphatic rings. The Balaban J connectivity index is 2.29. The molecule has 0 N–H and O–H groups in total. The average Bonchev–Trinajstić information content (AvgIpc) is 2.42. The summed E-state index contributed by atoms with van der Waals surface area (Å²) >= 11 is 0. The molecule has 0 aliphatic heterocycles. The Labute approximate surface area is 114 Å². The molecular weight excluding hydrogens is 244 g/mol. The number of carbonyl (C=O) groups is 1. The Hall–Kier alpha value is -1.39. The first-order chi connectivity index (χ1) is 9.15. The maximum Gasteiger partial charge on any atom is 0.373 e. The summed E-state index contributed by atoms with van der Waals surface area (Å²) in [7, 11) is 0. The highest BCUT2D eigenvalue weighted by atomic mass is 17.2. The molecule has 0 saturated carbocycles. The molecule has 1 rings (SSSR count). The zero-order chi connectivity index (χ0) is 14.1. The summed E-state index contributed by atoms with van der Waals surface area (Å²) in [6.45, 7) is 7.60. The fourth-order valence-electron chi connectivity index (χ4n) is 1.49. The van der Waals surface area contributed by atoms with Crippen molar-refractivity contribution in [1.82, 2.24) is 0 Å². The third-order valence-electron chi connectivity index (χ3n) is 2.61. The van der Waals surface area contributed by atoms with Crippen molar-refractivity contribution in [3.05, 3.63) is 35.4 Å². The summed E-state index contributed by atoms with van der Waals surface area (Å²) in [4.78, 5) is 21.1. The van der Waals surface area contributed by atoms with Gasteiger partial charge in [0, 0.05) is 6.61 Å². The van der Waals surface area contributed by atoms with Crippen LogP contribution in [0.15, 0.2) is 24.3 Å². The highest BCUT2D eigenvalue weighted by Crippen LogP contribution is 2.15. The topological polar surface area (TPSA) is 44.8 Å². The lowest BCUT2D eigenvalue weighted by atomic mass is 10.0. The van der Waals surface area contributed by atoms with Crippen LogP contribution in [0.2, 0.25) is 0 Å². The van der Waals surface area contributed by atoms with E-state index in [4.69, 9.17) is 9.62 Å². The predicted molar refractivity (Wildman–Crippen MR) is 73.0 cm³/mol. The van der Waals surface area contributed by atoms with Crippen LogP contribution in [0.5, 0.6) is 0 Å². The molecule has 4 heteroatoms. The zero-order valence-electron chi connectivity index (χ0n) is 11.8. The van der Waals surface area contributed by atoms with E-state index in [-0.39, 0.29) is 6.61 Å². The van der Waals surface area contributed by atoms with Crippen molar-refractivity contribution in [1.29, 1.82) is 0 Å². The van der Waals surface area contributed by atoms with Crippen molar-refractivity contribution >= 4 is 5.97 Å². The molecule has 0 bridgehead atoms. The van der Waals surface area contributed by atoms with Crippen molar-refractivity contribution in [2.75, 3.05) is 19.8 Å². The van der Waals surface area contributed by atoms with Crippen LogP contribution in [-0.4, -0.2) is 25.8 Å². The zero-order valence-corrected chi connectivity index (χ0v) is 11.8. The molecule has 106 valence electrons. The van der Waals surface area contributed by atoms with Gasteiger partial charge in [-0.25, -0.2) is 4.79 Å². The smallest absolute Gasteiger partial charge is 0.373 e. The lowest BCUT2D eigenvalue weighted by Crippen LogP contribution is -2.10. The molecule has 0 spiro atoms. The minimum absolute atomic E-state index is 0.246. The first kappa shape index (κ1) is 15.7. The van der Waals surface area contributed by atoms with Gasteiger partial charge in [0.05, 0.1) is 12.2 Å². The van der Waals surface area contributed by atoms with Crippen LogP contribution >= 0.6 is 0 Å². The second kappa shape index (κ2) is 8.67. The Bertz CT molecular complexity index is 370. The molecule has 4 nitrogen and oxygen atoms in total. The van der Waals surface area contributed by atoms with Gasteiger partial charge in [0.2, 0.25) is 0 Å². The van der Waals surface area contributed by atoms with E-state index >= 15 is 0 Å². The fraction of sp³-hybridized carbons (Fsp3) is 0.533. The third-order valence-corrected chi connectivity index (χ3v) is 2.61. The molecular formula is C15H22O4. The lowest BCUT2D eigenvalue weighted by Gasteiger charge is -2.07. The molecule has 0 saturated heterocycles. The van der Waals surface area contributed by atoms with Crippen LogP contribution in [0.3, 0.4) is 0 Å². The minimum atomic E-state index is -0.481. The molecule has 0 fully saturated rings. The Morgan fingerprint density at radius 3 is 2.37 bits per heavy atom. The molecule has 19 heavy (non-hydrogen) atoms. The van der Waals surface area contributed by atoms with Crippen molar-refractivity contribution in [3.8, 4) is 0 Å². The Morgan fingerprint density at radius 1 is 1.11 bits per heavy atom. The number of benzene rings is 1. The van der Waals surface area contributed by atoms with Crippen LogP contribution < -0.4 is 0 Å². The number of hydrogen-bond donors (Lipinski definition) is 0. The highest BCUT2D eigenvalue weighted by Gasteiger charge is 2.08. The summed E-state index contributed by atoms with van der Waals surface area (Å²) < 4.78 is 5.20. The van der Waals surface area contributed by atoms with Crippen LogP contribution in [0.1, 0.15) is 49.0 Å². The summed E-state index contributed by atoms with van der Waals surface area (Å²) in [6, 6.07) is 7.33. The predicted octanol–water partition coefficient (Wildman–Crippen LogP) is 3.33. The van der Waals surface area contributed by atoms with Gasteiger partial charge < -0.3 is 4.74 Å². The minimum Gasteiger partial charge on any atom is -0.379 e. The summed E-state index contributed by atoms with van der Waals surface area (Å²) in [6.07, 6.45) is 0.960. The molecule has 0 aromatic heterocycles. The molecule has 1 aromatic rings. The maximum atomic E-state index is 11.6. The molecule has 0 amide bonds. The van der Waals surface area contributed by atoms with Gasteiger partial charge in [0.1, 0.15) is 6.61 Å². The number of ether oxygens (including phenoxy) is 1. The lowest BCUT2D eigenvalue weighted by molar-refractivity contribution is -0.247. The van der Waals surface area contributed by atoms with Gasteiger partial charge in [-0.2, -0.15) is 4.89 Å². The van der Waals surface area contributed by atoms with Gasteiger partial charge in [-0.15, -0.1) is 0 Å². The van der Waals surface area contributed by atoms with E-state index < -0.39 is 5.97 Å². The van der Waals surface area contributed by atoms with Gasteiger partial charge in [-0.05, 0) is 30.0 Å².